The fraction of sp³-hybridized carbons (Fsp3) is 0.571. The number of benzene rings is 1. The van der Waals surface area contributed by atoms with Crippen molar-refractivity contribution in [2.75, 3.05) is 12.4 Å². The molecule has 0 aliphatic heterocycles. The van der Waals surface area contributed by atoms with Gasteiger partial charge < -0.3 is 5.32 Å². The Morgan fingerprint density at radius 3 is 2.71 bits per heavy atom. The van der Waals surface area contributed by atoms with E-state index >= 15 is 0 Å². The number of aryl methyl sites for hydroxylation is 1. The molecular formula is C14H19Cl2N. The summed E-state index contributed by atoms with van der Waals surface area (Å²) in [5, 5.41) is 4.37. The Hall–Kier alpha value is -0.240. The smallest absolute Gasteiger partial charge is 0.0453 e. The highest BCUT2D eigenvalue weighted by Gasteiger charge is 2.41. The largest absolute Gasteiger partial charge is 0.312 e. The van der Waals surface area contributed by atoms with Crippen LogP contribution in [-0.4, -0.2) is 12.4 Å². The zero-order valence-electron chi connectivity index (χ0n) is 10.2. The number of halogens is 2. The lowest BCUT2D eigenvalue weighted by molar-refractivity contribution is 0.445. The summed E-state index contributed by atoms with van der Waals surface area (Å²) in [5.41, 5.74) is 2.87. The van der Waals surface area contributed by atoms with Gasteiger partial charge in [0.1, 0.15) is 0 Å². The van der Waals surface area contributed by atoms with Gasteiger partial charge in [0.05, 0.1) is 0 Å². The first kappa shape index (κ1) is 13.2. The zero-order chi connectivity index (χ0) is 12.3. The molecule has 0 heterocycles. The molecule has 0 radical (unpaired) electrons. The Morgan fingerprint density at radius 1 is 1.35 bits per heavy atom. The molecule has 0 amide bonds. The Labute approximate surface area is 114 Å². The highest BCUT2D eigenvalue weighted by atomic mass is 35.5. The molecule has 0 unspecified atom stereocenters. The average Bonchev–Trinajstić information content (AvgIpc) is 3.02. The van der Waals surface area contributed by atoms with Crippen molar-refractivity contribution >= 4 is 23.2 Å². The minimum Gasteiger partial charge on any atom is -0.312 e. The van der Waals surface area contributed by atoms with Gasteiger partial charge in [-0.3, -0.25) is 0 Å². The molecule has 3 heteroatoms. The van der Waals surface area contributed by atoms with Gasteiger partial charge in [-0.25, -0.2) is 0 Å². The van der Waals surface area contributed by atoms with Gasteiger partial charge in [-0.2, -0.15) is 0 Å². The first-order valence-electron chi connectivity index (χ1n) is 6.17. The summed E-state index contributed by atoms with van der Waals surface area (Å²) in [6.07, 6.45) is 3.76. The summed E-state index contributed by atoms with van der Waals surface area (Å²) >= 11 is 12.0. The van der Waals surface area contributed by atoms with E-state index in [-0.39, 0.29) is 0 Å². The van der Waals surface area contributed by atoms with Crippen LogP contribution < -0.4 is 5.32 Å². The van der Waals surface area contributed by atoms with Crippen LogP contribution in [0.1, 0.15) is 30.4 Å². The van der Waals surface area contributed by atoms with Crippen molar-refractivity contribution in [3.8, 4) is 0 Å². The molecule has 1 aliphatic carbocycles. The highest BCUT2D eigenvalue weighted by Crippen LogP contribution is 2.48. The normalized spacial score (nSPS) is 17.1. The van der Waals surface area contributed by atoms with E-state index in [1.165, 1.54) is 24.0 Å². The first-order chi connectivity index (χ1) is 8.15. The maximum atomic E-state index is 6.20. The third-order valence-corrected chi connectivity index (χ3v) is 4.15. The molecule has 1 fully saturated rings. The van der Waals surface area contributed by atoms with Crippen molar-refractivity contribution in [1.29, 1.82) is 0 Å². The van der Waals surface area contributed by atoms with Crippen molar-refractivity contribution in [1.82, 2.24) is 5.32 Å². The van der Waals surface area contributed by atoms with Crippen LogP contribution in [0.5, 0.6) is 0 Å². The van der Waals surface area contributed by atoms with Gasteiger partial charge in [0.15, 0.2) is 0 Å². The minimum absolute atomic E-state index is 0.485. The van der Waals surface area contributed by atoms with Crippen LogP contribution in [0, 0.1) is 12.3 Å². The molecule has 1 N–H and O–H groups in total. The molecule has 0 atom stereocenters. The van der Waals surface area contributed by atoms with E-state index in [4.69, 9.17) is 23.2 Å². The molecule has 1 aromatic rings. The minimum atomic E-state index is 0.485. The van der Waals surface area contributed by atoms with Crippen LogP contribution in [-0.2, 0) is 6.54 Å². The van der Waals surface area contributed by atoms with Gasteiger partial charge in [-0.1, -0.05) is 23.7 Å². The predicted molar refractivity (Wildman–Crippen MR) is 74.9 cm³/mol. The molecular weight excluding hydrogens is 253 g/mol. The molecule has 1 saturated carbocycles. The standard InChI is InChI=1S/C14H19Cl2N/c1-11-2-3-12(13(16)8-11)9-17-10-14(4-5-14)6-7-15/h2-3,8,17H,4-7,9-10H2,1H3. The summed E-state index contributed by atoms with van der Waals surface area (Å²) in [4.78, 5) is 0. The van der Waals surface area contributed by atoms with E-state index in [0.29, 0.717) is 5.41 Å². The lowest BCUT2D eigenvalue weighted by Crippen LogP contribution is -2.24. The van der Waals surface area contributed by atoms with Crippen LogP contribution in [0.25, 0.3) is 0 Å². The summed E-state index contributed by atoms with van der Waals surface area (Å²) in [5.74, 6) is 0.771. The van der Waals surface area contributed by atoms with E-state index in [0.717, 1.165) is 30.4 Å². The topological polar surface area (TPSA) is 12.0 Å². The molecule has 0 bridgehead atoms. The predicted octanol–water partition coefficient (Wildman–Crippen LogP) is 4.15. The number of rotatable bonds is 6. The monoisotopic (exact) mass is 271 g/mol. The van der Waals surface area contributed by atoms with E-state index < -0.39 is 0 Å². The molecule has 0 aromatic heterocycles. The van der Waals surface area contributed by atoms with Crippen LogP contribution in [0.3, 0.4) is 0 Å². The van der Waals surface area contributed by atoms with Gasteiger partial charge >= 0.3 is 0 Å². The summed E-state index contributed by atoms with van der Waals surface area (Å²) in [6, 6.07) is 6.23. The number of hydrogen-bond acceptors (Lipinski definition) is 1. The molecule has 2 rings (SSSR count). The molecule has 0 spiro atoms. The lowest BCUT2D eigenvalue weighted by Gasteiger charge is -2.15. The van der Waals surface area contributed by atoms with E-state index in [1.807, 2.05) is 6.07 Å². The van der Waals surface area contributed by atoms with E-state index in [1.54, 1.807) is 0 Å². The van der Waals surface area contributed by atoms with Gasteiger partial charge in [0.25, 0.3) is 0 Å². The number of nitrogens with one attached hydrogen (secondary N) is 1. The van der Waals surface area contributed by atoms with Crippen molar-refractivity contribution in [2.24, 2.45) is 5.41 Å². The maximum absolute atomic E-state index is 6.20. The van der Waals surface area contributed by atoms with Crippen LogP contribution in [0.2, 0.25) is 5.02 Å². The maximum Gasteiger partial charge on any atom is 0.0453 e. The Bertz CT molecular complexity index is 386. The van der Waals surface area contributed by atoms with Crippen molar-refractivity contribution in [2.45, 2.75) is 32.7 Å². The SMILES string of the molecule is Cc1ccc(CNCC2(CCCl)CC2)c(Cl)c1. The van der Waals surface area contributed by atoms with Gasteiger partial charge in [-0.05, 0) is 48.8 Å². The fourth-order valence-electron chi connectivity index (χ4n) is 2.15. The Balaban J connectivity index is 1.82. The van der Waals surface area contributed by atoms with Crippen molar-refractivity contribution < 1.29 is 0 Å². The Kier molecular flexibility index (Phi) is 4.35. The third kappa shape index (κ3) is 3.61. The molecule has 94 valence electrons. The Morgan fingerprint density at radius 2 is 2.12 bits per heavy atom. The van der Waals surface area contributed by atoms with E-state index in [2.05, 4.69) is 24.4 Å². The number of alkyl halides is 1. The van der Waals surface area contributed by atoms with Gasteiger partial charge in [0, 0.05) is 24.0 Å². The fourth-order valence-corrected chi connectivity index (χ4v) is 2.85. The van der Waals surface area contributed by atoms with E-state index in [9.17, 15) is 0 Å². The molecule has 1 aliphatic rings. The van der Waals surface area contributed by atoms with Crippen molar-refractivity contribution in [3.63, 3.8) is 0 Å². The molecule has 17 heavy (non-hydrogen) atoms. The lowest BCUT2D eigenvalue weighted by atomic mass is 10.0. The summed E-state index contributed by atoms with van der Waals surface area (Å²) in [6.45, 7) is 3.97. The first-order valence-corrected chi connectivity index (χ1v) is 7.08. The van der Waals surface area contributed by atoms with Crippen molar-refractivity contribution in [3.05, 3.63) is 34.3 Å². The summed E-state index contributed by atoms with van der Waals surface area (Å²) in [7, 11) is 0. The van der Waals surface area contributed by atoms with Crippen LogP contribution in [0.4, 0.5) is 0 Å². The number of hydrogen-bond donors (Lipinski definition) is 1. The second kappa shape index (κ2) is 5.60. The second-order valence-corrected chi connectivity index (χ2v) is 5.92. The van der Waals surface area contributed by atoms with Gasteiger partial charge in [0.2, 0.25) is 0 Å². The zero-order valence-corrected chi connectivity index (χ0v) is 11.7. The van der Waals surface area contributed by atoms with Crippen LogP contribution >= 0.6 is 23.2 Å². The second-order valence-electron chi connectivity index (χ2n) is 5.14. The van der Waals surface area contributed by atoms with Gasteiger partial charge in [-0.15, -0.1) is 11.6 Å². The highest BCUT2D eigenvalue weighted by molar-refractivity contribution is 6.31. The molecule has 1 nitrogen and oxygen atoms in total. The molecule has 0 saturated heterocycles. The third-order valence-electron chi connectivity index (χ3n) is 3.61. The quantitative estimate of drug-likeness (QED) is 0.767. The average molecular weight is 272 g/mol. The van der Waals surface area contributed by atoms with Crippen LogP contribution in [0.15, 0.2) is 18.2 Å². The summed E-state index contributed by atoms with van der Waals surface area (Å²) < 4.78 is 0. The molecule has 1 aromatic carbocycles.